The number of aromatic nitrogens is 1. The maximum absolute atomic E-state index is 6.11. The highest BCUT2D eigenvalue weighted by Gasteiger charge is 2.17. The molecule has 0 aliphatic carbocycles. The summed E-state index contributed by atoms with van der Waals surface area (Å²) < 4.78 is 12.1. The minimum absolute atomic E-state index is 0.523. The van der Waals surface area contributed by atoms with Gasteiger partial charge in [0.25, 0.3) is 0 Å². The lowest BCUT2D eigenvalue weighted by atomic mass is 10.0. The maximum Gasteiger partial charge on any atom is 0.227 e. The third-order valence-electron chi connectivity index (χ3n) is 6.64. The molecule has 6 nitrogen and oxygen atoms in total. The minimum Gasteiger partial charge on any atom is -0.493 e. The van der Waals surface area contributed by atoms with Gasteiger partial charge in [-0.15, -0.1) is 0 Å². The fraction of sp³-hybridized carbons (Fsp3) is 0.500. The van der Waals surface area contributed by atoms with Crippen LogP contribution in [0.5, 0.6) is 5.75 Å². The Hall–Kier alpha value is -2.57. The monoisotopic (exact) mass is 434 g/mol. The molecule has 0 unspecified atom stereocenters. The van der Waals surface area contributed by atoms with Crippen LogP contribution in [-0.4, -0.2) is 67.2 Å². The van der Waals surface area contributed by atoms with Crippen molar-refractivity contribution in [2.24, 2.45) is 0 Å². The smallest absolute Gasteiger partial charge is 0.227 e. The van der Waals surface area contributed by atoms with E-state index in [0.717, 1.165) is 60.8 Å². The normalized spacial score (nSPS) is 18.4. The van der Waals surface area contributed by atoms with Crippen molar-refractivity contribution in [2.45, 2.75) is 38.1 Å². The number of anilines is 1. The summed E-state index contributed by atoms with van der Waals surface area (Å²) in [6.07, 6.45) is 6.07. The van der Waals surface area contributed by atoms with E-state index in [1.807, 2.05) is 18.2 Å². The van der Waals surface area contributed by atoms with Crippen LogP contribution in [0.25, 0.3) is 22.6 Å². The highest BCUT2D eigenvalue weighted by molar-refractivity contribution is 5.78. The fourth-order valence-electron chi connectivity index (χ4n) is 4.73. The second-order valence-corrected chi connectivity index (χ2v) is 9.20. The van der Waals surface area contributed by atoms with Crippen LogP contribution < -0.4 is 10.1 Å². The Labute approximate surface area is 190 Å². The van der Waals surface area contributed by atoms with Gasteiger partial charge < -0.3 is 24.3 Å². The average Bonchev–Trinajstić information content (AvgIpc) is 3.48. The molecule has 1 aromatic heterocycles. The molecular formula is C26H34N4O2. The van der Waals surface area contributed by atoms with Gasteiger partial charge in [-0.2, -0.15) is 0 Å². The van der Waals surface area contributed by atoms with E-state index >= 15 is 0 Å². The van der Waals surface area contributed by atoms with Gasteiger partial charge >= 0.3 is 0 Å². The zero-order valence-electron chi connectivity index (χ0n) is 19.1. The molecule has 2 aliphatic rings. The summed E-state index contributed by atoms with van der Waals surface area (Å²) in [5, 5.41) is 3.68. The number of hydrogen-bond donors (Lipinski definition) is 1. The predicted octanol–water partition coefficient (Wildman–Crippen LogP) is 4.87. The number of likely N-dealkylation sites (tertiary alicyclic amines) is 2. The van der Waals surface area contributed by atoms with Crippen molar-refractivity contribution in [1.82, 2.24) is 14.8 Å². The number of rotatable bonds is 8. The second kappa shape index (κ2) is 9.92. The first-order chi connectivity index (χ1) is 15.7. The van der Waals surface area contributed by atoms with Gasteiger partial charge in [0, 0.05) is 29.9 Å². The molecule has 0 spiro atoms. The maximum atomic E-state index is 6.11. The molecule has 0 bridgehead atoms. The van der Waals surface area contributed by atoms with Gasteiger partial charge in [-0.3, -0.25) is 0 Å². The lowest BCUT2D eigenvalue weighted by molar-refractivity contribution is 0.263. The van der Waals surface area contributed by atoms with Crippen LogP contribution in [0.1, 0.15) is 32.1 Å². The number of piperidine rings is 1. The zero-order chi connectivity index (χ0) is 21.8. The Balaban J connectivity index is 1.21. The summed E-state index contributed by atoms with van der Waals surface area (Å²) in [6.45, 7) is 6.61. The van der Waals surface area contributed by atoms with Crippen molar-refractivity contribution in [1.29, 1.82) is 0 Å². The average molecular weight is 435 g/mol. The Kier molecular flexibility index (Phi) is 6.60. The van der Waals surface area contributed by atoms with Crippen molar-refractivity contribution >= 4 is 16.8 Å². The SMILES string of the molecule is CN1CCC(Nc2cccc(-c3nc4ccc(OCCCN5CCCC5)cc4o3)c2)CC1. The molecule has 0 radical (unpaired) electrons. The van der Waals surface area contributed by atoms with Crippen LogP contribution in [0.3, 0.4) is 0 Å². The quantitative estimate of drug-likeness (QED) is 0.511. The predicted molar refractivity (Wildman–Crippen MR) is 129 cm³/mol. The van der Waals surface area contributed by atoms with Crippen molar-refractivity contribution < 1.29 is 9.15 Å². The number of hydrogen-bond acceptors (Lipinski definition) is 6. The Morgan fingerprint density at radius 2 is 1.91 bits per heavy atom. The van der Waals surface area contributed by atoms with E-state index < -0.39 is 0 Å². The van der Waals surface area contributed by atoms with Crippen LogP contribution in [0.2, 0.25) is 0 Å². The topological polar surface area (TPSA) is 53.8 Å². The Morgan fingerprint density at radius 3 is 2.75 bits per heavy atom. The number of oxazole rings is 1. The third kappa shape index (κ3) is 5.25. The van der Waals surface area contributed by atoms with E-state index in [4.69, 9.17) is 14.1 Å². The van der Waals surface area contributed by atoms with E-state index in [0.29, 0.717) is 11.9 Å². The van der Waals surface area contributed by atoms with Gasteiger partial charge in [-0.25, -0.2) is 4.98 Å². The van der Waals surface area contributed by atoms with Crippen LogP contribution in [0.15, 0.2) is 46.9 Å². The summed E-state index contributed by atoms with van der Waals surface area (Å²) in [6, 6.07) is 14.8. The van der Waals surface area contributed by atoms with Crippen LogP contribution in [0.4, 0.5) is 5.69 Å². The zero-order valence-corrected chi connectivity index (χ0v) is 19.1. The van der Waals surface area contributed by atoms with E-state index in [1.54, 1.807) is 0 Å². The molecule has 5 rings (SSSR count). The van der Waals surface area contributed by atoms with Crippen molar-refractivity contribution in [3.63, 3.8) is 0 Å². The first kappa shape index (κ1) is 21.3. The summed E-state index contributed by atoms with van der Waals surface area (Å²) in [5.41, 5.74) is 3.75. The number of ether oxygens (including phenoxy) is 1. The number of benzene rings is 2. The molecule has 0 saturated carbocycles. The standard InChI is InChI=1S/C26H34N4O2/c1-29-15-10-21(11-16-29)27-22-7-4-6-20(18-22)26-28-24-9-8-23(19-25(24)32-26)31-17-5-14-30-12-2-3-13-30/h4,6-9,18-19,21,27H,2-3,5,10-17H2,1H3. The molecule has 3 aromatic rings. The molecule has 2 fully saturated rings. The molecular weight excluding hydrogens is 400 g/mol. The van der Waals surface area contributed by atoms with E-state index in [9.17, 15) is 0 Å². The lowest BCUT2D eigenvalue weighted by Gasteiger charge is -2.30. The van der Waals surface area contributed by atoms with Gasteiger partial charge in [0.1, 0.15) is 11.3 Å². The van der Waals surface area contributed by atoms with Crippen molar-refractivity contribution in [2.75, 3.05) is 51.7 Å². The van der Waals surface area contributed by atoms with Crippen LogP contribution >= 0.6 is 0 Å². The van der Waals surface area contributed by atoms with Gasteiger partial charge in [0.05, 0.1) is 6.61 Å². The van der Waals surface area contributed by atoms with Crippen LogP contribution in [-0.2, 0) is 0 Å². The molecule has 3 heterocycles. The Morgan fingerprint density at radius 1 is 1.06 bits per heavy atom. The van der Waals surface area contributed by atoms with Gasteiger partial charge in [0.15, 0.2) is 5.58 Å². The number of nitrogens with one attached hydrogen (secondary N) is 1. The first-order valence-electron chi connectivity index (χ1n) is 12.0. The molecule has 170 valence electrons. The number of fused-ring (bicyclic) bond motifs is 1. The molecule has 32 heavy (non-hydrogen) atoms. The fourth-order valence-corrected chi connectivity index (χ4v) is 4.73. The molecule has 2 aromatic carbocycles. The second-order valence-electron chi connectivity index (χ2n) is 9.20. The summed E-state index contributed by atoms with van der Waals surface area (Å²) in [7, 11) is 2.19. The van der Waals surface area contributed by atoms with Gasteiger partial charge in [-0.1, -0.05) is 6.07 Å². The highest BCUT2D eigenvalue weighted by atomic mass is 16.5. The van der Waals surface area contributed by atoms with Crippen LogP contribution in [0, 0.1) is 0 Å². The van der Waals surface area contributed by atoms with E-state index in [-0.39, 0.29) is 0 Å². The molecule has 0 amide bonds. The lowest BCUT2D eigenvalue weighted by Crippen LogP contribution is -2.36. The molecule has 6 heteroatoms. The van der Waals surface area contributed by atoms with E-state index in [1.165, 1.54) is 38.8 Å². The molecule has 0 atom stereocenters. The van der Waals surface area contributed by atoms with Crippen molar-refractivity contribution in [3.05, 3.63) is 42.5 Å². The highest BCUT2D eigenvalue weighted by Crippen LogP contribution is 2.29. The minimum atomic E-state index is 0.523. The third-order valence-corrected chi connectivity index (χ3v) is 6.64. The van der Waals surface area contributed by atoms with Gasteiger partial charge in [-0.05, 0) is 95.7 Å². The summed E-state index contributed by atoms with van der Waals surface area (Å²) >= 11 is 0. The summed E-state index contributed by atoms with van der Waals surface area (Å²) in [4.78, 5) is 9.61. The van der Waals surface area contributed by atoms with Gasteiger partial charge in [0.2, 0.25) is 5.89 Å². The Bertz CT molecular complexity index is 1020. The molecule has 2 saturated heterocycles. The first-order valence-corrected chi connectivity index (χ1v) is 12.0. The number of nitrogens with zero attached hydrogens (tertiary/aromatic N) is 3. The largest absolute Gasteiger partial charge is 0.493 e. The molecule has 1 N–H and O–H groups in total. The van der Waals surface area contributed by atoms with Crippen molar-refractivity contribution in [3.8, 4) is 17.2 Å². The molecule has 2 aliphatic heterocycles. The van der Waals surface area contributed by atoms with E-state index in [2.05, 4.69) is 46.4 Å². The summed E-state index contributed by atoms with van der Waals surface area (Å²) in [5.74, 6) is 1.50.